The summed E-state index contributed by atoms with van der Waals surface area (Å²) in [5.41, 5.74) is 2.29. The number of rotatable bonds is 8. The number of imidazole rings is 1. The van der Waals surface area contributed by atoms with E-state index in [9.17, 15) is 13.2 Å². The van der Waals surface area contributed by atoms with Gasteiger partial charge in [0.05, 0.1) is 33.2 Å². The van der Waals surface area contributed by atoms with Crippen LogP contribution in [-0.2, 0) is 34.8 Å². The molecule has 0 fully saturated rings. The Morgan fingerprint density at radius 2 is 2.00 bits per heavy atom. The lowest BCUT2D eigenvalue weighted by molar-refractivity contribution is -0.121. The van der Waals surface area contributed by atoms with E-state index < -0.39 is 10.0 Å². The zero-order chi connectivity index (χ0) is 22.1. The van der Waals surface area contributed by atoms with E-state index in [0.29, 0.717) is 30.8 Å². The molecule has 8 nitrogen and oxygen atoms in total. The number of benzene rings is 1. The molecule has 0 unspecified atom stereocenters. The van der Waals surface area contributed by atoms with Gasteiger partial charge in [-0.2, -0.15) is 0 Å². The number of hydrogen-bond acceptors (Lipinski definition) is 6. The van der Waals surface area contributed by atoms with Crippen LogP contribution in [-0.4, -0.2) is 47.3 Å². The van der Waals surface area contributed by atoms with Crippen molar-refractivity contribution in [3.05, 3.63) is 40.1 Å². The van der Waals surface area contributed by atoms with E-state index >= 15 is 0 Å². The van der Waals surface area contributed by atoms with Crippen LogP contribution in [0.4, 0.5) is 0 Å². The first-order chi connectivity index (χ1) is 14.1. The summed E-state index contributed by atoms with van der Waals surface area (Å²) in [7, 11) is 1.34. The standard InChI is InChI=1S/C20H27N5O3S2/c1-13(2)20-22-14(12-29-20)11-21-19(26)9-8-18-23-16-10-15(30(27,28)24(3)4)6-7-17(16)25(18)5/h6-7,10,12-13H,8-9,11H2,1-5H3,(H,21,26). The van der Waals surface area contributed by atoms with Gasteiger partial charge in [-0.3, -0.25) is 4.79 Å². The highest BCUT2D eigenvalue weighted by atomic mass is 32.2. The SMILES string of the molecule is CC(C)c1nc(CNC(=O)CCc2nc3cc(S(=O)(=O)N(C)C)ccc3n2C)cs1. The first-order valence-electron chi connectivity index (χ1n) is 9.68. The number of hydrogen-bond donors (Lipinski definition) is 1. The summed E-state index contributed by atoms with van der Waals surface area (Å²) in [6, 6.07) is 4.90. The molecule has 0 saturated carbocycles. The highest BCUT2D eigenvalue weighted by Gasteiger charge is 2.19. The first-order valence-corrected chi connectivity index (χ1v) is 12.0. The van der Waals surface area contributed by atoms with Crippen molar-refractivity contribution < 1.29 is 13.2 Å². The predicted molar refractivity (Wildman–Crippen MR) is 118 cm³/mol. The number of nitrogens with one attached hydrogen (secondary N) is 1. The van der Waals surface area contributed by atoms with Crippen molar-refractivity contribution in [3.8, 4) is 0 Å². The van der Waals surface area contributed by atoms with Gasteiger partial charge < -0.3 is 9.88 Å². The third-order valence-corrected chi connectivity index (χ3v) is 7.83. The van der Waals surface area contributed by atoms with E-state index in [0.717, 1.165) is 22.0 Å². The van der Waals surface area contributed by atoms with Crippen molar-refractivity contribution in [2.75, 3.05) is 14.1 Å². The van der Waals surface area contributed by atoms with E-state index in [1.807, 2.05) is 17.0 Å². The number of aryl methyl sites for hydroxylation is 2. The maximum absolute atomic E-state index is 12.3. The van der Waals surface area contributed by atoms with Gasteiger partial charge in [-0.15, -0.1) is 11.3 Å². The number of thiazole rings is 1. The second kappa shape index (κ2) is 8.83. The molecule has 3 rings (SSSR count). The fraction of sp³-hybridized carbons (Fsp3) is 0.450. The normalized spacial score (nSPS) is 12.2. The number of sulfonamides is 1. The monoisotopic (exact) mass is 449 g/mol. The molecule has 3 aromatic rings. The topological polar surface area (TPSA) is 97.2 Å². The largest absolute Gasteiger partial charge is 0.350 e. The van der Waals surface area contributed by atoms with Crippen LogP contribution in [0.3, 0.4) is 0 Å². The van der Waals surface area contributed by atoms with Crippen LogP contribution in [0.5, 0.6) is 0 Å². The molecule has 0 radical (unpaired) electrons. The molecule has 2 aromatic heterocycles. The van der Waals surface area contributed by atoms with Crippen molar-refractivity contribution in [2.45, 2.75) is 44.0 Å². The Morgan fingerprint density at radius 1 is 1.27 bits per heavy atom. The highest BCUT2D eigenvalue weighted by molar-refractivity contribution is 7.89. The number of nitrogens with zero attached hydrogens (tertiary/aromatic N) is 4. The van der Waals surface area contributed by atoms with Gasteiger partial charge in [-0.1, -0.05) is 13.8 Å². The summed E-state index contributed by atoms with van der Waals surface area (Å²) in [6.07, 6.45) is 0.752. The lowest BCUT2D eigenvalue weighted by atomic mass is 10.2. The minimum absolute atomic E-state index is 0.0722. The zero-order valence-corrected chi connectivity index (χ0v) is 19.5. The minimum atomic E-state index is -3.52. The fourth-order valence-corrected chi connectivity index (χ4v) is 4.75. The van der Waals surface area contributed by atoms with Crippen LogP contribution in [0.2, 0.25) is 0 Å². The first kappa shape index (κ1) is 22.4. The Morgan fingerprint density at radius 3 is 2.63 bits per heavy atom. The molecule has 30 heavy (non-hydrogen) atoms. The summed E-state index contributed by atoms with van der Waals surface area (Å²) in [6.45, 7) is 4.60. The summed E-state index contributed by atoms with van der Waals surface area (Å²) in [4.78, 5) is 21.5. The summed E-state index contributed by atoms with van der Waals surface area (Å²) in [5, 5.41) is 5.94. The van der Waals surface area contributed by atoms with Gasteiger partial charge in [-0.25, -0.2) is 22.7 Å². The molecule has 162 valence electrons. The second-order valence-electron chi connectivity index (χ2n) is 7.63. The van der Waals surface area contributed by atoms with E-state index in [-0.39, 0.29) is 10.8 Å². The maximum Gasteiger partial charge on any atom is 0.242 e. The summed E-state index contributed by atoms with van der Waals surface area (Å²) in [5.74, 6) is 1.04. The van der Waals surface area contributed by atoms with Gasteiger partial charge in [0.2, 0.25) is 15.9 Å². The Kier molecular flexibility index (Phi) is 6.59. The van der Waals surface area contributed by atoms with Crippen molar-refractivity contribution in [1.82, 2.24) is 24.2 Å². The van der Waals surface area contributed by atoms with Crippen LogP contribution in [0, 0.1) is 0 Å². The van der Waals surface area contributed by atoms with E-state index in [1.54, 1.807) is 29.5 Å². The van der Waals surface area contributed by atoms with Gasteiger partial charge in [0, 0.05) is 45.3 Å². The molecule has 10 heteroatoms. The van der Waals surface area contributed by atoms with Gasteiger partial charge in [-0.05, 0) is 18.2 Å². The fourth-order valence-electron chi connectivity index (χ4n) is 3.00. The number of carbonyl (C=O) groups excluding carboxylic acids is 1. The Hall–Kier alpha value is -2.30. The van der Waals surface area contributed by atoms with E-state index in [4.69, 9.17) is 0 Å². The lowest BCUT2D eigenvalue weighted by Crippen LogP contribution is -2.23. The van der Waals surface area contributed by atoms with E-state index in [1.165, 1.54) is 18.4 Å². The molecule has 2 heterocycles. The van der Waals surface area contributed by atoms with Gasteiger partial charge in [0.15, 0.2) is 0 Å². The average Bonchev–Trinajstić information content (AvgIpc) is 3.29. The zero-order valence-electron chi connectivity index (χ0n) is 17.8. The smallest absolute Gasteiger partial charge is 0.242 e. The molecule has 1 aromatic carbocycles. The molecule has 0 saturated heterocycles. The van der Waals surface area contributed by atoms with Crippen molar-refractivity contribution in [1.29, 1.82) is 0 Å². The molecular formula is C20H27N5O3S2. The molecule has 0 aliphatic heterocycles. The highest BCUT2D eigenvalue weighted by Crippen LogP contribution is 2.22. The summed E-state index contributed by atoms with van der Waals surface area (Å²) >= 11 is 1.61. The maximum atomic E-state index is 12.3. The predicted octanol–water partition coefficient (Wildman–Crippen LogP) is 2.65. The van der Waals surface area contributed by atoms with Gasteiger partial charge in [0.25, 0.3) is 0 Å². The van der Waals surface area contributed by atoms with Crippen molar-refractivity contribution >= 4 is 38.3 Å². The van der Waals surface area contributed by atoms with Crippen molar-refractivity contribution in [2.24, 2.45) is 7.05 Å². The van der Waals surface area contributed by atoms with Crippen LogP contribution in [0.25, 0.3) is 11.0 Å². The average molecular weight is 450 g/mol. The molecule has 0 bridgehead atoms. The molecule has 1 N–H and O–H groups in total. The van der Waals surface area contributed by atoms with Gasteiger partial charge in [0.1, 0.15) is 5.82 Å². The number of amides is 1. The van der Waals surface area contributed by atoms with Crippen LogP contribution >= 0.6 is 11.3 Å². The van der Waals surface area contributed by atoms with Gasteiger partial charge >= 0.3 is 0 Å². The third kappa shape index (κ3) is 4.71. The molecule has 0 aliphatic rings. The molecular weight excluding hydrogens is 422 g/mol. The number of carbonyl (C=O) groups is 1. The van der Waals surface area contributed by atoms with Crippen molar-refractivity contribution in [3.63, 3.8) is 0 Å². The van der Waals surface area contributed by atoms with Crippen LogP contribution < -0.4 is 5.32 Å². The number of fused-ring (bicyclic) bond motifs is 1. The second-order valence-corrected chi connectivity index (χ2v) is 10.7. The number of aromatic nitrogens is 3. The molecule has 1 amide bonds. The molecule has 0 aliphatic carbocycles. The Bertz CT molecular complexity index is 1160. The quantitative estimate of drug-likeness (QED) is 0.570. The van der Waals surface area contributed by atoms with Crippen LogP contribution in [0.1, 0.15) is 42.7 Å². The minimum Gasteiger partial charge on any atom is -0.350 e. The third-order valence-electron chi connectivity index (χ3n) is 4.83. The Labute approximate surface area is 181 Å². The molecule has 0 atom stereocenters. The summed E-state index contributed by atoms with van der Waals surface area (Å²) < 4.78 is 27.8. The Balaban J connectivity index is 1.65. The van der Waals surface area contributed by atoms with Crippen LogP contribution in [0.15, 0.2) is 28.5 Å². The molecule has 0 spiro atoms. The van der Waals surface area contributed by atoms with E-state index in [2.05, 4.69) is 29.1 Å². The lowest BCUT2D eigenvalue weighted by Gasteiger charge is -2.10.